The predicted octanol–water partition coefficient (Wildman–Crippen LogP) is 2.94. The Labute approximate surface area is 118 Å². The fourth-order valence-corrected chi connectivity index (χ4v) is 5.12. The van der Waals surface area contributed by atoms with Crippen molar-refractivity contribution in [3.05, 3.63) is 18.3 Å². The summed E-state index contributed by atoms with van der Waals surface area (Å²) in [5.74, 6) is 2.64. The Hall–Kier alpha value is -1.58. The molecule has 4 heteroatoms. The van der Waals surface area contributed by atoms with Crippen molar-refractivity contribution < 1.29 is 9.90 Å². The third kappa shape index (κ3) is 1.81. The molecule has 1 amide bonds. The van der Waals surface area contributed by atoms with Gasteiger partial charge in [-0.15, -0.1) is 0 Å². The van der Waals surface area contributed by atoms with Crippen LogP contribution in [0.2, 0.25) is 0 Å². The minimum Gasteiger partial charge on any atom is -0.504 e. The van der Waals surface area contributed by atoms with Crippen LogP contribution < -0.4 is 5.32 Å². The highest BCUT2D eigenvalue weighted by Crippen LogP contribution is 2.60. The van der Waals surface area contributed by atoms with Crippen LogP contribution in [-0.4, -0.2) is 16.0 Å². The summed E-state index contributed by atoms with van der Waals surface area (Å²) in [6, 6.07) is 3.22. The molecule has 106 valence electrons. The molecular weight excluding hydrogens is 252 g/mol. The van der Waals surface area contributed by atoms with Gasteiger partial charge in [-0.25, -0.2) is 4.98 Å². The zero-order chi connectivity index (χ0) is 13.7. The van der Waals surface area contributed by atoms with Crippen molar-refractivity contribution in [2.45, 2.75) is 38.5 Å². The highest BCUT2D eigenvalue weighted by atomic mass is 16.3. The number of amides is 1. The van der Waals surface area contributed by atoms with Gasteiger partial charge in [0.05, 0.1) is 5.41 Å². The maximum atomic E-state index is 12.8. The van der Waals surface area contributed by atoms with E-state index in [1.165, 1.54) is 19.3 Å². The first-order valence-electron chi connectivity index (χ1n) is 7.60. The van der Waals surface area contributed by atoms with Crippen LogP contribution in [0.3, 0.4) is 0 Å². The van der Waals surface area contributed by atoms with Crippen LogP contribution >= 0.6 is 0 Å². The van der Waals surface area contributed by atoms with Crippen LogP contribution in [0.15, 0.2) is 18.3 Å². The molecule has 0 unspecified atom stereocenters. The van der Waals surface area contributed by atoms with E-state index in [1.54, 1.807) is 18.3 Å². The van der Waals surface area contributed by atoms with Crippen molar-refractivity contribution in [1.29, 1.82) is 0 Å². The number of pyridine rings is 1. The number of carbonyl (C=O) groups excluding carboxylic acids is 1. The summed E-state index contributed by atoms with van der Waals surface area (Å²) in [6.07, 6.45) is 8.63. The molecule has 4 bridgehead atoms. The molecule has 0 atom stereocenters. The van der Waals surface area contributed by atoms with Crippen molar-refractivity contribution >= 4 is 11.7 Å². The molecule has 4 aliphatic rings. The number of nitrogens with one attached hydrogen (secondary N) is 1. The molecule has 5 rings (SSSR count). The second-order valence-electron chi connectivity index (χ2n) is 7.02. The maximum absolute atomic E-state index is 12.8. The summed E-state index contributed by atoms with van der Waals surface area (Å²) in [5, 5.41) is 12.6. The van der Waals surface area contributed by atoms with Crippen molar-refractivity contribution in [2.24, 2.45) is 23.2 Å². The number of carbonyl (C=O) groups is 1. The van der Waals surface area contributed by atoms with E-state index < -0.39 is 0 Å². The molecule has 4 nitrogen and oxygen atoms in total. The standard InChI is InChI=1S/C16H20N2O2/c19-13-2-1-3-17-14(13)18-15(20)16-7-10-4-11(8-16)6-12(5-10)9-16/h1-3,10-12,19H,4-9H2,(H,17,18,20). The zero-order valence-corrected chi connectivity index (χ0v) is 11.5. The lowest BCUT2D eigenvalue weighted by molar-refractivity contribution is -0.140. The van der Waals surface area contributed by atoms with E-state index in [0.29, 0.717) is 5.82 Å². The van der Waals surface area contributed by atoms with Crippen molar-refractivity contribution in [1.82, 2.24) is 4.98 Å². The molecule has 1 heterocycles. The number of aromatic nitrogens is 1. The fourth-order valence-electron chi connectivity index (χ4n) is 5.12. The number of nitrogens with zero attached hydrogens (tertiary/aromatic N) is 1. The molecule has 0 saturated heterocycles. The monoisotopic (exact) mass is 272 g/mol. The molecule has 4 aliphatic carbocycles. The number of anilines is 1. The first-order chi connectivity index (χ1) is 9.64. The second kappa shape index (κ2) is 4.21. The highest BCUT2D eigenvalue weighted by Gasteiger charge is 2.54. The van der Waals surface area contributed by atoms with Gasteiger partial charge in [-0.3, -0.25) is 4.79 Å². The Balaban J connectivity index is 1.58. The number of hydrogen-bond acceptors (Lipinski definition) is 3. The quantitative estimate of drug-likeness (QED) is 0.870. The molecule has 4 fully saturated rings. The molecule has 0 spiro atoms. The van der Waals surface area contributed by atoms with Gasteiger partial charge in [-0.2, -0.15) is 0 Å². The largest absolute Gasteiger partial charge is 0.504 e. The third-order valence-corrected chi connectivity index (χ3v) is 5.54. The normalized spacial score (nSPS) is 37.9. The van der Waals surface area contributed by atoms with Gasteiger partial charge in [-0.05, 0) is 68.4 Å². The molecule has 4 saturated carbocycles. The van der Waals surface area contributed by atoms with E-state index in [1.807, 2.05) is 0 Å². The van der Waals surface area contributed by atoms with Crippen LogP contribution in [0.4, 0.5) is 5.82 Å². The van der Waals surface area contributed by atoms with Gasteiger partial charge in [0.15, 0.2) is 11.6 Å². The zero-order valence-electron chi connectivity index (χ0n) is 11.5. The van der Waals surface area contributed by atoms with E-state index in [9.17, 15) is 9.90 Å². The minimum atomic E-state index is -0.196. The summed E-state index contributed by atoms with van der Waals surface area (Å²) >= 11 is 0. The first kappa shape index (κ1) is 12.2. The topological polar surface area (TPSA) is 62.2 Å². The minimum absolute atomic E-state index is 0.0468. The van der Waals surface area contributed by atoms with Crippen LogP contribution in [0.5, 0.6) is 5.75 Å². The molecule has 1 aromatic rings. The van der Waals surface area contributed by atoms with Crippen LogP contribution in [0, 0.1) is 23.2 Å². The van der Waals surface area contributed by atoms with Gasteiger partial charge in [0, 0.05) is 6.20 Å². The Kier molecular flexibility index (Phi) is 2.56. The average Bonchev–Trinajstić information content (AvgIpc) is 2.40. The Morgan fingerprint density at radius 1 is 1.20 bits per heavy atom. The fraction of sp³-hybridized carbons (Fsp3) is 0.625. The van der Waals surface area contributed by atoms with E-state index >= 15 is 0 Å². The molecule has 20 heavy (non-hydrogen) atoms. The third-order valence-electron chi connectivity index (χ3n) is 5.54. The molecule has 0 aliphatic heterocycles. The highest BCUT2D eigenvalue weighted by molar-refractivity contribution is 5.95. The van der Waals surface area contributed by atoms with E-state index in [-0.39, 0.29) is 17.1 Å². The van der Waals surface area contributed by atoms with Gasteiger partial charge in [0.1, 0.15) is 0 Å². The lowest BCUT2D eigenvalue weighted by Crippen LogP contribution is -2.51. The Morgan fingerprint density at radius 2 is 1.80 bits per heavy atom. The van der Waals surface area contributed by atoms with Gasteiger partial charge in [-0.1, -0.05) is 0 Å². The number of aromatic hydroxyl groups is 1. The molecule has 0 aromatic carbocycles. The summed E-state index contributed by atoms with van der Waals surface area (Å²) in [5.41, 5.74) is -0.196. The Morgan fingerprint density at radius 3 is 2.35 bits per heavy atom. The Bertz CT molecular complexity index is 520. The lowest BCUT2D eigenvalue weighted by atomic mass is 9.49. The van der Waals surface area contributed by atoms with Gasteiger partial charge in [0.2, 0.25) is 5.91 Å². The van der Waals surface area contributed by atoms with E-state index in [4.69, 9.17) is 0 Å². The van der Waals surface area contributed by atoms with Crippen molar-refractivity contribution in [3.8, 4) is 5.75 Å². The van der Waals surface area contributed by atoms with Gasteiger partial charge < -0.3 is 10.4 Å². The summed E-state index contributed by atoms with van der Waals surface area (Å²) < 4.78 is 0. The smallest absolute Gasteiger partial charge is 0.231 e. The molecule has 0 radical (unpaired) electrons. The van der Waals surface area contributed by atoms with Crippen LogP contribution in [0.25, 0.3) is 0 Å². The molecule has 1 aromatic heterocycles. The number of hydrogen-bond donors (Lipinski definition) is 2. The molecular formula is C16H20N2O2. The van der Waals surface area contributed by atoms with Gasteiger partial charge >= 0.3 is 0 Å². The van der Waals surface area contributed by atoms with E-state index in [0.717, 1.165) is 37.0 Å². The van der Waals surface area contributed by atoms with Crippen LogP contribution in [0.1, 0.15) is 38.5 Å². The van der Waals surface area contributed by atoms with Gasteiger partial charge in [0.25, 0.3) is 0 Å². The first-order valence-corrected chi connectivity index (χ1v) is 7.60. The average molecular weight is 272 g/mol. The summed E-state index contributed by atoms with van der Waals surface area (Å²) in [4.78, 5) is 16.8. The SMILES string of the molecule is O=C(Nc1ncccc1O)C12CC3CC(CC(C3)C1)C2. The van der Waals surface area contributed by atoms with E-state index in [2.05, 4.69) is 10.3 Å². The van der Waals surface area contributed by atoms with Crippen molar-refractivity contribution in [3.63, 3.8) is 0 Å². The van der Waals surface area contributed by atoms with Crippen LogP contribution in [-0.2, 0) is 4.79 Å². The number of rotatable bonds is 2. The maximum Gasteiger partial charge on any atom is 0.231 e. The summed E-state index contributed by atoms with van der Waals surface area (Å²) in [7, 11) is 0. The summed E-state index contributed by atoms with van der Waals surface area (Å²) in [6.45, 7) is 0. The molecule has 2 N–H and O–H groups in total. The lowest BCUT2D eigenvalue weighted by Gasteiger charge is -2.55. The van der Waals surface area contributed by atoms with Crippen molar-refractivity contribution in [2.75, 3.05) is 5.32 Å². The predicted molar refractivity (Wildman–Crippen MR) is 75.1 cm³/mol. The second-order valence-corrected chi connectivity index (χ2v) is 7.02.